The van der Waals surface area contributed by atoms with Crippen LogP contribution in [-0.2, 0) is 4.79 Å². The van der Waals surface area contributed by atoms with E-state index in [0.717, 1.165) is 31.5 Å². The number of piperidine rings is 1. The average molecular weight is 444 g/mol. The molecule has 5 nitrogen and oxygen atoms in total. The number of nitrogens with one attached hydrogen (secondary N) is 1. The molecule has 0 aliphatic carbocycles. The fourth-order valence-corrected chi connectivity index (χ4v) is 5.31. The van der Waals surface area contributed by atoms with Crippen LogP contribution in [0.15, 0.2) is 18.2 Å². The third kappa shape index (κ3) is 4.89. The first-order chi connectivity index (χ1) is 13.3. The highest BCUT2D eigenvalue weighted by molar-refractivity contribution is 8.01. The molecule has 2 aliphatic heterocycles. The molecule has 3 amide bonds. The van der Waals surface area contributed by atoms with Crippen LogP contribution in [0.25, 0.3) is 0 Å². The second-order valence-corrected chi connectivity index (χ2v) is 10.1. The highest BCUT2D eigenvalue weighted by atomic mass is 35.5. The lowest BCUT2D eigenvalue weighted by Crippen LogP contribution is -2.48. The maximum atomic E-state index is 12.8. The van der Waals surface area contributed by atoms with Crippen molar-refractivity contribution >= 4 is 46.9 Å². The number of urea groups is 1. The zero-order chi connectivity index (χ0) is 20.4. The average Bonchev–Trinajstić information content (AvgIpc) is 2.92. The molecule has 2 heterocycles. The van der Waals surface area contributed by atoms with Gasteiger partial charge in [-0.25, -0.2) is 4.79 Å². The summed E-state index contributed by atoms with van der Waals surface area (Å²) in [7, 11) is 0. The summed E-state index contributed by atoms with van der Waals surface area (Å²) in [6.45, 7) is 8.05. The van der Waals surface area contributed by atoms with Gasteiger partial charge in [-0.2, -0.15) is 0 Å². The quantitative estimate of drug-likeness (QED) is 0.727. The van der Waals surface area contributed by atoms with Crippen LogP contribution in [0, 0.1) is 5.92 Å². The van der Waals surface area contributed by atoms with E-state index in [9.17, 15) is 9.59 Å². The van der Waals surface area contributed by atoms with Gasteiger partial charge in [0.2, 0.25) is 5.91 Å². The van der Waals surface area contributed by atoms with Crippen LogP contribution in [0.5, 0.6) is 0 Å². The fourth-order valence-electron chi connectivity index (χ4n) is 3.72. The van der Waals surface area contributed by atoms with E-state index < -0.39 is 0 Å². The Kier molecular flexibility index (Phi) is 7.05. The SMILES string of the molecule is CC(C)NC(=O)N1CCC(CN2C(=O)C(C)SC2c2ccc(Cl)c(Cl)c2)CC1. The summed E-state index contributed by atoms with van der Waals surface area (Å²) < 4.78 is 0. The van der Waals surface area contributed by atoms with Gasteiger partial charge in [0.25, 0.3) is 0 Å². The van der Waals surface area contributed by atoms with Crippen molar-refractivity contribution in [2.45, 2.75) is 50.3 Å². The minimum absolute atomic E-state index is 0.00330. The van der Waals surface area contributed by atoms with E-state index in [1.165, 1.54) is 0 Å². The van der Waals surface area contributed by atoms with Gasteiger partial charge in [-0.15, -0.1) is 11.8 Å². The number of nitrogens with zero attached hydrogens (tertiary/aromatic N) is 2. The number of hydrogen-bond donors (Lipinski definition) is 1. The van der Waals surface area contributed by atoms with E-state index in [2.05, 4.69) is 5.32 Å². The highest BCUT2D eigenvalue weighted by Crippen LogP contribution is 2.44. The number of carbonyl (C=O) groups excluding carboxylic acids is 2. The zero-order valence-corrected chi connectivity index (χ0v) is 18.8. The van der Waals surface area contributed by atoms with Gasteiger partial charge in [0.1, 0.15) is 5.37 Å². The predicted molar refractivity (Wildman–Crippen MR) is 116 cm³/mol. The third-order valence-corrected chi connectivity index (χ3v) is 7.38. The van der Waals surface area contributed by atoms with Crippen LogP contribution in [-0.4, -0.2) is 52.7 Å². The molecular weight excluding hydrogens is 417 g/mol. The highest BCUT2D eigenvalue weighted by Gasteiger charge is 2.40. The fraction of sp³-hybridized carbons (Fsp3) is 0.600. The Morgan fingerprint density at radius 3 is 2.54 bits per heavy atom. The summed E-state index contributed by atoms with van der Waals surface area (Å²) in [4.78, 5) is 28.8. The first-order valence-corrected chi connectivity index (χ1v) is 11.4. The molecule has 3 rings (SSSR count). The Morgan fingerprint density at radius 2 is 1.93 bits per heavy atom. The van der Waals surface area contributed by atoms with Crippen molar-refractivity contribution in [3.8, 4) is 0 Å². The molecule has 28 heavy (non-hydrogen) atoms. The molecule has 0 bridgehead atoms. The van der Waals surface area contributed by atoms with Crippen LogP contribution in [0.1, 0.15) is 44.6 Å². The van der Waals surface area contributed by atoms with Gasteiger partial charge in [0.05, 0.1) is 15.3 Å². The van der Waals surface area contributed by atoms with Crippen LogP contribution < -0.4 is 5.32 Å². The molecule has 154 valence electrons. The first-order valence-electron chi connectivity index (χ1n) is 9.72. The van der Waals surface area contributed by atoms with Gasteiger partial charge in [0, 0.05) is 25.7 Å². The molecule has 0 radical (unpaired) electrons. The molecule has 2 unspecified atom stereocenters. The zero-order valence-electron chi connectivity index (χ0n) is 16.5. The van der Waals surface area contributed by atoms with Crippen molar-refractivity contribution in [3.05, 3.63) is 33.8 Å². The number of amides is 3. The maximum absolute atomic E-state index is 12.8. The topological polar surface area (TPSA) is 52.7 Å². The lowest BCUT2D eigenvalue weighted by Gasteiger charge is -2.35. The van der Waals surface area contributed by atoms with E-state index in [4.69, 9.17) is 23.2 Å². The molecule has 2 aliphatic rings. The number of thioether (sulfide) groups is 1. The minimum Gasteiger partial charge on any atom is -0.336 e. The normalized spacial score (nSPS) is 23.6. The van der Waals surface area contributed by atoms with Crippen LogP contribution in [0.2, 0.25) is 10.0 Å². The number of hydrogen-bond acceptors (Lipinski definition) is 3. The molecular formula is C20H27Cl2N3O2S. The first kappa shape index (κ1) is 21.6. The Hall–Kier alpha value is -1.11. The van der Waals surface area contributed by atoms with Crippen molar-refractivity contribution < 1.29 is 9.59 Å². The van der Waals surface area contributed by atoms with Gasteiger partial charge in [-0.3, -0.25) is 4.79 Å². The summed E-state index contributed by atoms with van der Waals surface area (Å²) >= 11 is 13.9. The van der Waals surface area contributed by atoms with Crippen molar-refractivity contribution in [2.75, 3.05) is 19.6 Å². The second kappa shape index (κ2) is 9.14. The predicted octanol–water partition coefficient (Wildman–Crippen LogP) is 4.79. The van der Waals surface area contributed by atoms with Crippen molar-refractivity contribution in [1.29, 1.82) is 0 Å². The lowest BCUT2D eigenvalue weighted by molar-refractivity contribution is -0.130. The number of carbonyl (C=O) groups is 2. The van der Waals surface area contributed by atoms with E-state index in [-0.39, 0.29) is 28.6 Å². The Balaban J connectivity index is 1.64. The van der Waals surface area contributed by atoms with Gasteiger partial charge in [-0.1, -0.05) is 29.3 Å². The Labute approximate surface area is 181 Å². The second-order valence-electron chi connectivity index (χ2n) is 7.83. The third-order valence-electron chi connectivity index (χ3n) is 5.24. The van der Waals surface area contributed by atoms with Gasteiger partial charge in [-0.05, 0) is 57.2 Å². The smallest absolute Gasteiger partial charge is 0.317 e. The van der Waals surface area contributed by atoms with E-state index in [1.807, 2.05) is 42.7 Å². The van der Waals surface area contributed by atoms with E-state index >= 15 is 0 Å². The van der Waals surface area contributed by atoms with Crippen LogP contribution >= 0.6 is 35.0 Å². The van der Waals surface area contributed by atoms with Gasteiger partial charge in [0.15, 0.2) is 0 Å². The number of benzene rings is 1. The largest absolute Gasteiger partial charge is 0.336 e. The van der Waals surface area contributed by atoms with Crippen LogP contribution in [0.4, 0.5) is 4.79 Å². The molecule has 1 aromatic carbocycles. The molecule has 2 atom stereocenters. The number of likely N-dealkylation sites (tertiary alicyclic amines) is 1. The van der Waals surface area contributed by atoms with E-state index in [1.54, 1.807) is 17.8 Å². The molecule has 1 N–H and O–H groups in total. The summed E-state index contributed by atoms with van der Waals surface area (Å²) in [5.74, 6) is 0.560. The molecule has 1 aromatic rings. The van der Waals surface area contributed by atoms with Crippen LogP contribution in [0.3, 0.4) is 0 Å². The monoisotopic (exact) mass is 443 g/mol. The summed E-state index contributed by atoms with van der Waals surface area (Å²) in [5.41, 5.74) is 1.01. The standard InChI is InChI=1S/C20H27Cl2N3O2S/c1-12(2)23-20(27)24-8-6-14(7-9-24)11-25-18(26)13(3)28-19(25)15-4-5-16(21)17(22)10-15/h4-5,10,12-14,19H,6-9,11H2,1-3H3,(H,23,27). The molecule has 2 fully saturated rings. The molecule has 2 saturated heterocycles. The Bertz CT molecular complexity index is 738. The van der Waals surface area contributed by atoms with Gasteiger partial charge < -0.3 is 15.1 Å². The van der Waals surface area contributed by atoms with E-state index in [0.29, 0.717) is 22.5 Å². The summed E-state index contributed by atoms with van der Waals surface area (Å²) in [6, 6.07) is 5.74. The Morgan fingerprint density at radius 1 is 1.25 bits per heavy atom. The molecule has 0 spiro atoms. The molecule has 0 saturated carbocycles. The number of rotatable bonds is 4. The maximum Gasteiger partial charge on any atom is 0.317 e. The summed E-state index contributed by atoms with van der Waals surface area (Å²) in [5, 5.41) is 3.86. The van der Waals surface area contributed by atoms with Crippen molar-refractivity contribution in [2.24, 2.45) is 5.92 Å². The molecule has 8 heteroatoms. The minimum atomic E-state index is -0.0728. The van der Waals surface area contributed by atoms with Crippen molar-refractivity contribution in [1.82, 2.24) is 15.1 Å². The lowest BCUT2D eigenvalue weighted by atomic mass is 9.96. The van der Waals surface area contributed by atoms with Gasteiger partial charge >= 0.3 is 6.03 Å². The molecule has 0 aromatic heterocycles. The van der Waals surface area contributed by atoms with Crippen molar-refractivity contribution in [3.63, 3.8) is 0 Å². The number of halogens is 2. The summed E-state index contributed by atoms with van der Waals surface area (Å²) in [6.07, 6.45) is 1.81.